The van der Waals surface area contributed by atoms with E-state index in [2.05, 4.69) is 5.32 Å². The number of hydrogen-bond donors (Lipinski definition) is 2. The fourth-order valence-corrected chi connectivity index (χ4v) is 3.07. The van der Waals surface area contributed by atoms with Gasteiger partial charge in [0.15, 0.2) is 0 Å². The zero-order chi connectivity index (χ0) is 14.1. The lowest BCUT2D eigenvalue weighted by atomic mass is 9.93. The molecule has 1 saturated heterocycles. The molecule has 0 bridgehead atoms. The maximum absolute atomic E-state index is 12.5. The molecule has 5 nitrogen and oxygen atoms in total. The maximum atomic E-state index is 12.5. The SMILES string of the molecule is O=C(O)[C@H]1Cc2ccccc2CN1C(=O)C1CCCN1. The molecule has 2 aliphatic rings. The van der Waals surface area contributed by atoms with Crippen LogP contribution < -0.4 is 5.32 Å². The van der Waals surface area contributed by atoms with Gasteiger partial charge in [-0.2, -0.15) is 0 Å². The Hall–Kier alpha value is -1.88. The number of benzene rings is 1. The molecule has 1 fully saturated rings. The molecule has 1 unspecified atom stereocenters. The first-order chi connectivity index (χ1) is 9.66. The first kappa shape index (κ1) is 13.1. The van der Waals surface area contributed by atoms with Crippen molar-refractivity contribution in [3.05, 3.63) is 35.4 Å². The molecule has 106 valence electrons. The van der Waals surface area contributed by atoms with E-state index in [-0.39, 0.29) is 11.9 Å². The van der Waals surface area contributed by atoms with Crippen LogP contribution in [0, 0.1) is 0 Å². The van der Waals surface area contributed by atoms with Crippen LogP contribution in [0.15, 0.2) is 24.3 Å². The summed E-state index contributed by atoms with van der Waals surface area (Å²) in [6.45, 7) is 1.22. The maximum Gasteiger partial charge on any atom is 0.326 e. The minimum Gasteiger partial charge on any atom is -0.480 e. The number of nitrogens with zero attached hydrogens (tertiary/aromatic N) is 1. The van der Waals surface area contributed by atoms with Gasteiger partial charge < -0.3 is 15.3 Å². The van der Waals surface area contributed by atoms with Gasteiger partial charge in [-0.3, -0.25) is 4.79 Å². The van der Waals surface area contributed by atoms with Gasteiger partial charge in [0.25, 0.3) is 0 Å². The second-order valence-electron chi connectivity index (χ2n) is 5.44. The number of carbonyl (C=O) groups excluding carboxylic acids is 1. The lowest BCUT2D eigenvalue weighted by Gasteiger charge is -2.36. The van der Waals surface area contributed by atoms with E-state index in [9.17, 15) is 14.7 Å². The number of carbonyl (C=O) groups is 2. The number of carboxylic acid groups (broad SMARTS) is 1. The van der Waals surface area contributed by atoms with E-state index in [1.54, 1.807) is 0 Å². The molecule has 2 atom stereocenters. The average Bonchev–Trinajstić information content (AvgIpc) is 2.99. The van der Waals surface area contributed by atoms with Crippen LogP contribution in [-0.2, 0) is 22.6 Å². The van der Waals surface area contributed by atoms with E-state index >= 15 is 0 Å². The molecule has 20 heavy (non-hydrogen) atoms. The van der Waals surface area contributed by atoms with Crippen molar-refractivity contribution in [3.8, 4) is 0 Å². The van der Waals surface area contributed by atoms with E-state index in [4.69, 9.17) is 0 Å². The van der Waals surface area contributed by atoms with Crippen LogP contribution in [0.2, 0.25) is 0 Å². The molecule has 2 aliphatic heterocycles. The van der Waals surface area contributed by atoms with Crippen LogP contribution in [0.25, 0.3) is 0 Å². The minimum absolute atomic E-state index is 0.0793. The van der Waals surface area contributed by atoms with Crippen LogP contribution in [0.3, 0.4) is 0 Å². The Labute approximate surface area is 117 Å². The molecule has 0 spiro atoms. The minimum atomic E-state index is -0.925. The predicted molar refractivity (Wildman–Crippen MR) is 73.1 cm³/mol. The van der Waals surface area contributed by atoms with Gasteiger partial charge in [0.1, 0.15) is 6.04 Å². The van der Waals surface area contributed by atoms with Crippen LogP contribution in [0.4, 0.5) is 0 Å². The summed E-state index contributed by atoms with van der Waals surface area (Å²) in [6, 6.07) is 6.78. The number of aliphatic carboxylic acids is 1. The number of rotatable bonds is 2. The molecule has 1 aromatic rings. The largest absolute Gasteiger partial charge is 0.480 e. The van der Waals surface area contributed by atoms with E-state index in [1.165, 1.54) is 4.90 Å². The van der Waals surface area contributed by atoms with Gasteiger partial charge in [-0.25, -0.2) is 4.79 Å². The molecular weight excluding hydrogens is 256 g/mol. The highest BCUT2D eigenvalue weighted by molar-refractivity contribution is 5.88. The Kier molecular flexibility index (Phi) is 3.44. The molecule has 3 rings (SSSR count). The van der Waals surface area contributed by atoms with Crippen LogP contribution in [-0.4, -0.2) is 40.5 Å². The van der Waals surface area contributed by atoms with Gasteiger partial charge in [-0.05, 0) is 30.5 Å². The Morgan fingerprint density at radius 3 is 2.65 bits per heavy atom. The summed E-state index contributed by atoms with van der Waals surface area (Å²) >= 11 is 0. The van der Waals surface area contributed by atoms with E-state index in [1.807, 2.05) is 24.3 Å². The smallest absolute Gasteiger partial charge is 0.326 e. The number of fused-ring (bicyclic) bond motifs is 1. The molecule has 0 saturated carbocycles. The molecule has 1 aromatic carbocycles. The summed E-state index contributed by atoms with van der Waals surface area (Å²) in [7, 11) is 0. The molecule has 5 heteroatoms. The van der Waals surface area contributed by atoms with Gasteiger partial charge in [0.2, 0.25) is 5.91 Å². The van der Waals surface area contributed by atoms with Crippen molar-refractivity contribution in [2.45, 2.75) is 37.9 Å². The summed E-state index contributed by atoms with van der Waals surface area (Å²) in [5, 5.41) is 12.6. The van der Waals surface area contributed by atoms with Gasteiger partial charge in [0, 0.05) is 13.0 Å². The third-order valence-corrected chi connectivity index (χ3v) is 4.18. The van der Waals surface area contributed by atoms with Crippen molar-refractivity contribution < 1.29 is 14.7 Å². The summed E-state index contributed by atoms with van der Waals surface area (Å²) < 4.78 is 0. The summed E-state index contributed by atoms with van der Waals surface area (Å²) in [4.78, 5) is 25.5. The van der Waals surface area contributed by atoms with Crippen LogP contribution in [0.5, 0.6) is 0 Å². The first-order valence-electron chi connectivity index (χ1n) is 7.00. The Balaban J connectivity index is 1.88. The van der Waals surface area contributed by atoms with Crippen molar-refractivity contribution >= 4 is 11.9 Å². The van der Waals surface area contributed by atoms with Gasteiger partial charge in [-0.15, -0.1) is 0 Å². The zero-order valence-corrected chi connectivity index (χ0v) is 11.2. The van der Waals surface area contributed by atoms with E-state index < -0.39 is 12.0 Å². The molecule has 1 amide bonds. The van der Waals surface area contributed by atoms with Gasteiger partial charge in [-0.1, -0.05) is 24.3 Å². The Morgan fingerprint density at radius 2 is 2.00 bits per heavy atom. The molecule has 2 N–H and O–H groups in total. The fraction of sp³-hybridized carbons (Fsp3) is 0.467. The van der Waals surface area contributed by atoms with E-state index in [0.717, 1.165) is 30.5 Å². The highest BCUT2D eigenvalue weighted by Gasteiger charge is 2.37. The van der Waals surface area contributed by atoms with Crippen molar-refractivity contribution in [3.63, 3.8) is 0 Å². The number of hydrogen-bond acceptors (Lipinski definition) is 3. The predicted octanol–water partition coefficient (Wildman–Crippen LogP) is 0.776. The normalized spacial score (nSPS) is 25.3. The van der Waals surface area contributed by atoms with Crippen molar-refractivity contribution in [1.82, 2.24) is 10.2 Å². The van der Waals surface area contributed by atoms with E-state index in [0.29, 0.717) is 13.0 Å². The standard InChI is InChI=1S/C15H18N2O3/c18-14(12-6-3-7-16-12)17-9-11-5-2-1-4-10(11)8-13(17)15(19)20/h1-2,4-5,12-13,16H,3,6-9H2,(H,19,20)/t12?,13-/m1/s1. The third-order valence-electron chi connectivity index (χ3n) is 4.18. The van der Waals surface area contributed by atoms with Gasteiger partial charge in [0.05, 0.1) is 6.04 Å². The number of nitrogens with one attached hydrogen (secondary N) is 1. The second-order valence-corrected chi connectivity index (χ2v) is 5.44. The van der Waals surface area contributed by atoms with Crippen molar-refractivity contribution in [2.24, 2.45) is 0 Å². The van der Waals surface area contributed by atoms with Crippen molar-refractivity contribution in [1.29, 1.82) is 0 Å². The highest BCUT2D eigenvalue weighted by atomic mass is 16.4. The second kappa shape index (κ2) is 5.25. The third kappa shape index (κ3) is 2.29. The topological polar surface area (TPSA) is 69.6 Å². The lowest BCUT2D eigenvalue weighted by molar-refractivity contribution is -0.152. The fourth-order valence-electron chi connectivity index (χ4n) is 3.07. The Morgan fingerprint density at radius 1 is 1.25 bits per heavy atom. The van der Waals surface area contributed by atoms with Crippen molar-refractivity contribution in [2.75, 3.05) is 6.54 Å². The monoisotopic (exact) mass is 274 g/mol. The highest BCUT2D eigenvalue weighted by Crippen LogP contribution is 2.25. The number of amides is 1. The quantitative estimate of drug-likeness (QED) is 0.836. The van der Waals surface area contributed by atoms with Gasteiger partial charge >= 0.3 is 5.97 Å². The zero-order valence-electron chi connectivity index (χ0n) is 11.2. The van der Waals surface area contributed by atoms with Crippen LogP contribution >= 0.6 is 0 Å². The summed E-state index contributed by atoms with van der Waals surface area (Å²) in [6.07, 6.45) is 2.16. The molecular formula is C15H18N2O3. The summed E-state index contributed by atoms with van der Waals surface area (Å²) in [5.74, 6) is -1.00. The Bertz CT molecular complexity index is 538. The first-order valence-corrected chi connectivity index (χ1v) is 7.00. The molecule has 0 aliphatic carbocycles. The lowest BCUT2D eigenvalue weighted by Crippen LogP contribution is -2.53. The average molecular weight is 274 g/mol. The number of carboxylic acids is 1. The summed E-state index contributed by atoms with van der Waals surface area (Å²) in [5.41, 5.74) is 2.08. The molecule has 0 aromatic heterocycles. The molecule has 2 heterocycles. The molecule has 0 radical (unpaired) electrons. The van der Waals surface area contributed by atoms with Crippen LogP contribution in [0.1, 0.15) is 24.0 Å².